The highest BCUT2D eigenvalue weighted by Crippen LogP contribution is 2.09. The SMILES string of the molecule is I.NC(N)=NC1CCOCC1. The first kappa shape index (κ1) is 11.0. The van der Waals surface area contributed by atoms with E-state index in [2.05, 4.69) is 4.99 Å². The van der Waals surface area contributed by atoms with E-state index >= 15 is 0 Å². The summed E-state index contributed by atoms with van der Waals surface area (Å²) in [7, 11) is 0. The van der Waals surface area contributed by atoms with Crippen molar-refractivity contribution in [2.75, 3.05) is 13.2 Å². The second-order valence-electron chi connectivity index (χ2n) is 2.40. The summed E-state index contributed by atoms with van der Waals surface area (Å²) < 4.78 is 5.13. The highest BCUT2D eigenvalue weighted by Gasteiger charge is 2.11. The standard InChI is InChI=1S/C6H13N3O.HI/c7-6(8)9-5-1-3-10-4-2-5;/h5H,1-4H2,(H4,7,8,9);1H. The predicted octanol–water partition coefficient (Wildman–Crippen LogP) is 0.0568. The van der Waals surface area contributed by atoms with Gasteiger partial charge < -0.3 is 16.2 Å². The Hall–Kier alpha value is -0.0400. The quantitative estimate of drug-likeness (QED) is 0.402. The molecule has 0 aliphatic carbocycles. The summed E-state index contributed by atoms with van der Waals surface area (Å²) in [6.45, 7) is 1.56. The predicted molar refractivity (Wildman–Crippen MR) is 55.1 cm³/mol. The molecule has 0 atom stereocenters. The van der Waals surface area contributed by atoms with Crippen LogP contribution >= 0.6 is 24.0 Å². The summed E-state index contributed by atoms with van der Waals surface area (Å²) >= 11 is 0. The Morgan fingerprint density at radius 2 is 1.82 bits per heavy atom. The molecule has 0 unspecified atom stereocenters. The van der Waals surface area contributed by atoms with E-state index in [4.69, 9.17) is 16.2 Å². The van der Waals surface area contributed by atoms with E-state index in [1.807, 2.05) is 0 Å². The molecule has 1 heterocycles. The van der Waals surface area contributed by atoms with Crippen molar-refractivity contribution < 1.29 is 4.74 Å². The highest BCUT2D eigenvalue weighted by molar-refractivity contribution is 14.0. The van der Waals surface area contributed by atoms with Crippen LogP contribution in [0.25, 0.3) is 0 Å². The van der Waals surface area contributed by atoms with Crippen LogP contribution in [0.15, 0.2) is 4.99 Å². The second-order valence-corrected chi connectivity index (χ2v) is 2.40. The summed E-state index contributed by atoms with van der Waals surface area (Å²) in [5, 5.41) is 0. The molecule has 0 aromatic rings. The lowest BCUT2D eigenvalue weighted by Crippen LogP contribution is -2.28. The number of halogens is 1. The zero-order chi connectivity index (χ0) is 7.40. The maximum Gasteiger partial charge on any atom is 0.186 e. The minimum Gasteiger partial charge on any atom is -0.381 e. The lowest BCUT2D eigenvalue weighted by Gasteiger charge is -2.17. The minimum absolute atomic E-state index is 0. The topological polar surface area (TPSA) is 73.6 Å². The summed E-state index contributed by atoms with van der Waals surface area (Å²) in [6.07, 6.45) is 1.88. The average molecular weight is 271 g/mol. The van der Waals surface area contributed by atoms with Crippen LogP contribution in [0.2, 0.25) is 0 Å². The molecule has 0 amide bonds. The Bertz CT molecular complexity index is 130. The first-order valence-corrected chi connectivity index (χ1v) is 3.45. The number of guanidine groups is 1. The molecule has 66 valence electrons. The van der Waals surface area contributed by atoms with Gasteiger partial charge in [0.2, 0.25) is 0 Å². The van der Waals surface area contributed by atoms with Gasteiger partial charge in [0.15, 0.2) is 5.96 Å². The largest absolute Gasteiger partial charge is 0.381 e. The van der Waals surface area contributed by atoms with Crippen LogP contribution in [0.1, 0.15) is 12.8 Å². The number of rotatable bonds is 1. The number of nitrogens with two attached hydrogens (primary N) is 2. The molecule has 1 rings (SSSR count). The smallest absolute Gasteiger partial charge is 0.186 e. The molecule has 0 aromatic heterocycles. The van der Waals surface area contributed by atoms with Gasteiger partial charge in [-0.15, -0.1) is 24.0 Å². The average Bonchev–Trinajstić information content (AvgIpc) is 1.88. The second kappa shape index (κ2) is 5.59. The van der Waals surface area contributed by atoms with E-state index in [1.54, 1.807) is 0 Å². The third-order valence-electron chi connectivity index (χ3n) is 1.52. The first-order valence-electron chi connectivity index (χ1n) is 3.45. The fraction of sp³-hybridized carbons (Fsp3) is 0.833. The molecule has 1 aliphatic rings. The molecule has 1 aliphatic heterocycles. The lowest BCUT2D eigenvalue weighted by molar-refractivity contribution is 0.0871. The van der Waals surface area contributed by atoms with E-state index in [-0.39, 0.29) is 29.9 Å². The molecule has 4 N–H and O–H groups in total. The molecule has 0 bridgehead atoms. The van der Waals surface area contributed by atoms with Crippen molar-refractivity contribution in [3.05, 3.63) is 0 Å². The van der Waals surface area contributed by atoms with Crippen LogP contribution in [-0.2, 0) is 4.74 Å². The molecule has 0 radical (unpaired) electrons. The molecular weight excluding hydrogens is 257 g/mol. The zero-order valence-electron chi connectivity index (χ0n) is 6.32. The third-order valence-corrected chi connectivity index (χ3v) is 1.52. The van der Waals surface area contributed by atoms with Crippen LogP contribution in [0.3, 0.4) is 0 Å². The normalized spacial score (nSPS) is 18.5. The van der Waals surface area contributed by atoms with Gasteiger partial charge in [-0.3, -0.25) is 4.99 Å². The van der Waals surface area contributed by atoms with Gasteiger partial charge in [-0.2, -0.15) is 0 Å². The maximum atomic E-state index is 5.21. The van der Waals surface area contributed by atoms with Gasteiger partial charge >= 0.3 is 0 Å². The first-order chi connectivity index (χ1) is 4.79. The number of aliphatic imine (C=N–C) groups is 1. The number of ether oxygens (including phenoxy) is 1. The Kier molecular flexibility index (Phi) is 5.57. The van der Waals surface area contributed by atoms with Crippen molar-refractivity contribution in [3.63, 3.8) is 0 Å². The number of hydrogen-bond donors (Lipinski definition) is 2. The number of nitrogens with zero attached hydrogens (tertiary/aromatic N) is 1. The van der Waals surface area contributed by atoms with Gasteiger partial charge in [0.25, 0.3) is 0 Å². The van der Waals surface area contributed by atoms with Gasteiger partial charge in [-0.25, -0.2) is 0 Å². The maximum absolute atomic E-state index is 5.21. The Morgan fingerprint density at radius 1 is 1.27 bits per heavy atom. The van der Waals surface area contributed by atoms with Gasteiger partial charge in [0.1, 0.15) is 0 Å². The lowest BCUT2D eigenvalue weighted by atomic mass is 10.1. The van der Waals surface area contributed by atoms with Crippen LogP contribution in [0.4, 0.5) is 0 Å². The molecule has 4 nitrogen and oxygen atoms in total. The monoisotopic (exact) mass is 271 g/mol. The van der Waals surface area contributed by atoms with E-state index in [0.29, 0.717) is 6.04 Å². The summed E-state index contributed by atoms with van der Waals surface area (Å²) in [5.41, 5.74) is 10.4. The third kappa shape index (κ3) is 4.41. The molecule has 1 fully saturated rings. The van der Waals surface area contributed by atoms with Gasteiger partial charge in [-0.1, -0.05) is 0 Å². The van der Waals surface area contributed by atoms with Crippen molar-refractivity contribution in [1.29, 1.82) is 0 Å². The molecular formula is C6H14IN3O. The van der Waals surface area contributed by atoms with E-state index in [9.17, 15) is 0 Å². The molecule has 1 saturated heterocycles. The van der Waals surface area contributed by atoms with Gasteiger partial charge in [0.05, 0.1) is 6.04 Å². The minimum atomic E-state index is 0. The van der Waals surface area contributed by atoms with Gasteiger partial charge in [0, 0.05) is 13.2 Å². The highest BCUT2D eigenvalue weighted by atomic mass is 127. The van der Waals surface area contributed by atoms with E-state index in [1.165, 1.54) is 0 Å². The molecule has 0 saturated carbocycles. The van der Waals surface area contributed by atoms with Crippen molar-refractivity contribution in [1.82, 2.24) is 0 Å². The number of hydrogen-bond acceptors (Lipinski definition) is 2. The summed E-state index contributed by atoms with van der Waals surface area (Å²) in [4.78, 5) is 4.03. The molecule has 0 aromatic carbocycles. The van der Waals surface area contributed by atoms with Crippen molar-refractivity contribution in [3.8, 4) is 0 Å². The van der Waals surface area contributed by atoms with Crippen LogP contribution in [-0.4, -0.2) is 25.2 Å². The van der Waals surface area contributed by atoms with E-state index in [0.717, 1.165) is 26.1 Å². The van der Waals surface area contributed by atoms with Crippen molar-refractivity contribution in [2.24, 2.45) is 16.5 Å². The van der Waals surface area contributed by atoms with E-state index < -0.39 is 0 Å². The van der Waals surface area contributed by atoms with Crippen LogP contribution in [0, 0.1) is 0 Å². The molecule has 11 heavy (non-hydrogen) atoms. The fourth-order valence-electron chi connectivity index (χ4n) is 1.03. The van der Waals surface area contributed by atoms with Crippen LogP contribution in [0.5, 0.6) is 0 Å². The zero-order valence-corrected chi connectivity index (χ0v) is 8.65. The van der Waals surface area contributed by atoms with Crippen LogP contribution < -0.4 is 11.5 Å². The summed E-state index contributed by atoms with van der Waals surface area (Å²) in [6, 6.07) is 0.291. The molecule has 0 spiro atoms. The Balaban J connectivity index is 0.000001000. The molecule has 5 heteroatoms. The Morgan fingerprint density at radius 3 is 2.27 bits per heavy atom. The Labute approximate surface area is 83.4 Å². The van der Waals surface area contributed by atoms with Gasteiger partial charge in [-0.05, 0) is 12.8 Å². The fourth-order valence-corrected chi connectivity index (χ4v) is 1.03. The van der Waals surface area contributed by atoms with Crippen molar-refractivity contribution in [2.45, 2.75) is 18.9 Å². The summed E-state index contributed by atoms with van der Waals surface area (Å²) in [5.74, 6) is 0.187. The van der Waals surface area contributed by atoms with Crippen molar-refractivity contribution >= 4 is 29.9 Å².